The third kappa shape index (κ3) is 2.29. The topological polar surface area (TPSA) is 51.8 Å². The molecule has 3 aromatic rings. The maximum atomic E-state index is 14.0. The largest absolute Gasteiger partial charge is 0.383 e. The molecule has 0 saturated carbocycles. The van der Waals surface area contributed by atoms with Crippen molar-refractivity contribution in [1.82, 2.24) is 9.97 Å². The predicted octanol–water partition coefficient (Wildman–Crippen LogP) is 4.40. The first-order valence-corrected chi connectivity index (χ1v) is 7.70. The normalized spacial score (nSPS) is 11.2. The fourth-order valence-corrected chi connectivity index (χ4v) is 3.27. The second-order valence-corrected chi connectivity index (χ2v) is 6.37. The Bertz CT molecular complexity index is 800. The SMILES string of the molecule is CCc1cc2c(N)nc(-c3ccc(Br)cc3F)nc2s1. The van der Waals surface area contributed by atoms with Gasteiger partial charge in [0.15, 0.2) is 5.82 Å². The Hall–Kier alpha value is -1.53. The first-order chi connectivity index (χ1) is 9.58. The van der Waals surface area contributed by atoms with E-state index in [0.29, 0.717) is 21.7 Å². The van der Waals surface area contributed by atoms with Gasteiger partial charge in [0.2, 0.25) is 0 Å². The quantitative estimate of drug-likeness (QED) is 0.744. The Morgan fingerprint density at radius 1 is 1.30 bits per heavy atom. The van der Waals surface area contributed by atoms with Crippen LogP contribution >= 0.6 is 27.3 Å². The molecule has 2 N–H and O–H groups in total. The molecule has 102 valence electrons. The van der Waals surface area contributed by atoms with E-state index >= 15 is 0 Å². The average Bonchev–Trinajstić information content (AvgIpc) is 2.82. The third-order valence-electron chi connectivity index (χ3n) is 2.99. The van der Waals surface area contributed by atoms with Crippen LogP contribution in [0, 0.1) is 5.82 Å². The van der Waals surface area contributed by atoms with Crippen molar-refractivity contribution in [1.29, 1.82) is 0 Å². The summed E-state index contributed by atoms with van der Waals surface area (Å²) in [4.78, 5) is 10.7. The van der Waals surface area contributed by atoms with Crippen LogP contribution in [0.15, 0.2) is 28.7 Å². The zero-order valence-corrected chi connectivity index (χ0v) is 13.1. The van der Waals surface area contributed by atoms with Crippen LogP contribution < -0.4 is 5.73 Å². The number of aryl methyl sites for hydroxylation is 1. The third-order valence-corrected chi connectivity index (χ3v) is 4.66. The minimum atomic E-state index is -0.370. The zero-order chi connectivity index (χ0) is 14.3. The van der Waals surface area contributed by atoms with Gasteiger partial charge in [-0.15, -0.1) is 11.3 Å². The van der Waals surface area contributed by atoms with Gasteiger partial charge in [0.05, 0.1) is 10.9 Å². The van der Waals surface area contributed by atoms with Crippen molar-refractivity contribution in [2.24, 2.45) is 0 Å². The zero-order valence-electron chi connectivity index (χ0n) is 10.7. The number of nitrogen functional groups attached to an aromatic ring is 1. The maximum absolute atomic E-state index is 14.0. The van der Waals surface area contributed by atoms with Crippen molar-refractivity contribution in [2.45, 2.75) is 13.3 Å². The molecule has 2 heterocycles. The highest BCUT2D eigenvalue weighted by atomic mass is 79.9. The fourth-order valence-electron chi connectivity index (χ4n) is 1.96. The van der Waals surface area contributed by atoms with Crippen LogP contribution in [0.25, 0.3) is 21.6 Å². The number of nitrogens with two attached hydrogens (primary N) is 1. The lowest BCUT2D eigenvalue weighted by Crippen LogP contribution is -1.97. The Labute approximate surface area is 127 Å². The lowest BCUT2D eigenvalue weighted by atomic mass is 10.2. The number of halogens is 2. The van der Waals surface area contributed by atoms with Crippen molar-refractivity contribution in [3.05, 3.63) is 39.4 Å². The van der Waals surface area contributed by atoms with E-state index in [1.165, 1.54) is 10.9 Å². The molecule has 0 aliphatic carbocycles. The van der Waals surface area contributed by atoms with Gasteiger partial charge >= 0.3 is 0 Å². The van der Waals surface area contributed by atoms with Crippen LogP contribution in [-0.2, 0) is 6.42 Å². The molecule has 3 nitrogen and oxygen atoms in total. The van der Waals surface area contributed by atoms with Gasteiger partial charge < -0.3 is 5.73 Å². The summed E-state index contributed by atoms with van der Waals surface area (Å²) in [5.41, 5.74) is 6.32. The summed E-state index contributed by atoms with van der Waals surface area (Å²) in [5.74, 6) is 0.346. The second kappa shape index (κ2) is 5.10. The number of fused-ring (bicyclic) bond motifs is 1. The Kier molecular flexibility index (Phi) is 3.43. The molecule has 0 aliphatic rings. The summed E-state index contributed by atoms with van der Waals surface area (Å²) in [6, 6.07) is 6.80. The highest BCUT2D eigenvalue weighted by molar-refractivity contribution is 9.10. The number of benzene rings is 1. The standard InChI is InChI=1S/C14H11BrFN3S/c1-2-8-6-10-12(17)18-13(19-14(10)20-8)9-4-3-7(15)5-11(9)16/h3-6H,2H2,1H3,(H2,17,18,19). The van der Waals surface area contributed by atoms with E-state index in [0.717, 1.165) is 16.6 Å². The first kappa shape index (κ1) is 13.5. The van der Waals surface area contributed by atoms with E-state index in [1.807, 2.05) is 6.07 Å². The van der Waals surface area contributed by atoms with Crippen LogP contribution in [-0.4, -0.2) is 9.97 Å². The molecule has 20 heavy (non-hydrogen) atoms. The van der Waals surface area contributed by atoms with Gasteiger partial charge in [-0.2, -0.15) is 0 Å². The van der Waals surface area contributed by atoms with Gasteiger partial charge in [-0.3, -0.25) is 0 Å². The number of thiophene rings is 1. The highest BCUT2D eigenvalue weighted by Gasteiger charge is 2.13. The van der Waals surface area contributed by atoms with Crippen molar-refractivity contribution >= 4 is 43.3 Å². The molecule has 0 atom stereocenters. The monoisotopic (exact) mass is 351 g/mol. The number of aromatic nitrogens is 2. The Morgan fingerprint density at radius 2 is 2.10 bits per heavy atom. The number of nitrogens with zero attached hydrogens (tertiary/aromatic N) is 2. The van der Waals surface area contributed by atoms with Gasteiger partial charge in [0, 0.05) is 9.35 Å². The molecule has 3 rings (SSSR count). The lowest BCUT2D eigenvalue weighted by Gasteiger charge is -2.04. The fraction of sp³-hybridized carbons (Fsp3) is 0.143. The van der Waals surface area contributed by atoms with Crippen LogP contribution in [0.4, 0.5) is 10.2 Å². The lowest BCUT2D eigenvalue weighted by molar-refractivity contribution is 0.629. The second-order valence-electron chi connectivity index (χ2n) is 4.34. The minimum absolute atomic E-state index is 0.324. The van der Waals surface area contributed by atoms with Gasteiger partial charge in [-0.05, 0) is 30.7 Å². The summed E-state index contributed by atoms with van der Waals surface area (Å²) in [6.45, 7) is 2.07. The van der Waals surface area contributed by atoms with Gasteiger partial charge in [0.25, 0.3) is 0 Å². The van der Waals surface area contributed by atoms with E-state index in [4.69, 9.17) is 5.73 Å². The van der Waals surface area contributed by atoms with E-state index in [9.17, 15) is 4.39 Å². The van der Waals surface area contributed by atoms with Crippen LogP contribution in [0.3, 0.4) is 0 Å². The number of hydrogen-bond donors (Lipinski definition) is 1. The van der Waals surface area contributed by atoms with Crippen molar-refractivity contribution in [2.75, 3.05) is 5.73 Å². The molecule has 0 amide bonds. The van der Waals surface area contributed by atoms with Gasteiger partial charge in [-0.1, -0.05) is 22.9 Å². The number of anilines is 1. The smallest absolute Gasteiger partial charge is 0.166 e. The average molecular weight is 352 g/mol. The minimum Gasteiger partial charge on any atom is -0.383 e. The van der Waals surface area contributed by atoms with Gasteiger partial charge in [-0.25, -0.2) is 14.4 Å². The molecule has 6 heteroatoms. The van der Waals surface area contributed by atoms with Gasteiger partial charge in [0.1, 0.15) is 16.5 Å². The molecule has 0 radical (unpaired) electrons. The number of hydrogen-bond acceptors (Lipinski definition) is 4. The summed E-state index contributed by atoms with van der Waals surface area (Å²) in [6.07, 6.45) is 0.919. The summed E-state index contributed by atoms with van der Waals surface area (Å²) < 4.78 is 14.7. The number of rotatable bonds is 2. The molecular weight excluding hydrogens is 341 g/mol. The van der Waals surface area contributed by atoms with Crippen molar-refractivity contribution in [3.63, 3.8) is 0 Å². The van der Waals surface area contributed by atoms with E-state index in [2.05, 4.69) is 32.8 Å². The van der Waals surface area contributed by atoms with Crippen molar-refractivity contribution < 1.29 is 4.39 Å². The summed E-state index contributed by atoms with van der Waals surface area (Å²) >= 11 is 4.80. The molecule has 2 aromatic heterocycles. The molecule has 0 saturated heterocycles. The molecule has 0 unspecified atom stereocenters. The van der Waals surface area contributed by atoms with Crippen LogP contribution in [0.2, 0.25) is 0 Å². The Balaban J connectivity index is 2.21. The molecule has 0 aliphatic heterocycles. The molecule has 0 fully saturated rings. The maximum Gasteiger partial charge on any atom is 0.166 e. The first-order valence-electron chi connectivity index (χ1n) is 6.10. The summed E-state index contributed by atoms with van der Waals surface area (Å²) in [5, 5.41) is 0.841. The van der Waals surface area contributed by atoms with Crippen molar-refractivity contribution in [3.8, 4) is 11.4 Å². The molecule has 1 aromatic carbocycles. The molecular formula is C14H11BrFN3S. The van der Waals surface area contributed by atoms with Crippen LogP contribution in [0.1, 0.15) is 11.8 Å². The predicted molar refractivity (Wildman–Crippen MR) is 84.3 cm³/mol. The van der Waals surface area contributed by atoms with E-state index < -0.39 is 0 Å². The van der Waals surface area contributed by atoms with E-state index in [-0.39, 0.29) is 5.82 Å². The van der Waals surface area contributed by atoms with Crippen LogP contribution in [0.5, 0.6) is 0 Å². The highest BCUT2D eigenvalue weighted by Crippen LogP contribution is 2.31. The summed E-state index contributed by atoms with van der Waals surface area (Å²) in [7, 11) is 0. The molecule has 0 bridgehead atoms. The molecule has 0 spiro atoms. The van der Waals surface area contributed by atoms with E-state index in [1.54, 1.807) is 23.5 Å². The Morgan fingerprint density at radius 3 is 2.80 bits per heavy atom.